The van der Waals surface area contributed by atoms with Gasteiger partial charge in [-0.15, -0.1) is 0 Å². The number of hydrogen-bond acceptors (Lipinski definition) is 3. The van der Waals surface area contributed by atoms with Crippen molar-refractivity contribution >= 4 is 5.97 Å². The molecule has 3 saturated carbocycles. The molecule has 51 heavy (non-hydrogen) atoms. The summed E-state index contributed by atoms with van der Waals surface area (Å²) in [4.78, 5) is 11.6. The normalized spacial score (nSPS) is 29.4. The molecule has 4 aliphatic rings. The standard InChI is InChI=1S/C38H51F9O4/c1-33-17-15-28-27-14-13-26(48)21-25(27)20-24(31(28)29(33)22-30(49)34(33)18-19-34)11-8-6-4-2-3-5-7-10-23(32(50)51)12-9-16-35(39,40)36(41,42)37(43,44)38(45,46)47/h13-14,21,23-24,28-31,48-49H,2-12,15-20,22H2,1H3,(H,50,51)/t23?,24-,28?,29?,30-,31?,33+/m1/s1. The van der Waals surface area contributed by atoms with Gasteiger partial charge in [-0.1, -0.05) is 57.9 Å². The predicted molar refractivity (Wildman–Crippen MR) is 172 cm³/mol. The molecule has 3 N–H and O–H groups in total. The zero-order chi connectivity index (χ0) is 37.6. The van der Waals surface area contributed by atoms with E-state index in [0.717, 1.165) is 77.0 Å². The highest BCUT2D eigenvalue weighted by Crippen LogP contribution is 2.76. The van der Waals surface area contributed by atoms with Gasteiger partial charge < -0.3 is 15.3 Å². The van der Waals surface area contributed by atoms with E-state index in [1.165, 1.54) is 11.1 Å². The van der Waals surface area contributed by atoms with Gasteiger partial charge in [-0.25, -0.2) is 0 Å². The lowest BCUT2D eigenvalue weighted by Gasteiger charge is -2.54. The van der Waals surface area contributed by atoms with E-state index in [1.807, 2.05) is 6.07 Å². The van der Waals surface area contributed by atoms with Gasteiger partial charge in [0.05, 0.1) is 12.0 Å². The highest BCUT2D eigenvalue weighted by Gasteiger charge is 2.81. The average molecular weight is 743 g/mol. The molecule has 0 saturated heterocycles. The van der Waals surface area contributed by atoms with Crippen LogP contribution in [0.1, 0.15) is 133 Å². The Morgan fingerprint density at radius 2 is 1.47 bits per heavy atom. The third kappa shape index (κ3) is 7.36. The molecule has 13 heteroatoms. The van der Waals surface area contributed by atoms with E-state index in [0.29, 0.717) is 36.5 Å². The number of phenols is 1. The van der Waals surface area contributed by atoms with Gasteiger partial charge in [0.2, 0.25) is 0 Å². The number of carboxylic acids is 1. The summed E-state index contributed by atoms with van der Waals surface area (Å²) < 4.78 is 118. The second-order valence-corrected chi connectivity index (χ2v) is 16.3. The molecule has 290 valence electrons. The lowest BCUT2D eigenvalue weighted by Crippen LogP contribution is -2.60. The molecule has 1 aromatic carbocycles. The van der Waals surface area contributed by atoms with Crippen molar-refractivity contribution in [2.24, 2.45) is 34.5 Å². The molecule has 4 nitrogen and oxygen atoms in total. The van der Waals surface area contributed by atoms with Crippen molar-refractivity contribution < 1.29 is 59.6 Å². The quantitative estimate of drug-likeness (QED) is 0.110. The van der Waals surface area contributed by atoms with E-state index in [2.05, 4.69) is 13.0 Å². The zero-order valence-corrected chi connectivity index (χ0v) is 29.1. The highest BCUT2D eigenvalue weighted by molar-refractivity contribution is 5.69. The van der Waals surface area contributed by atoms with Crippen LogP contribution in [0.2, 0.25) is 0 Å². The largest absolute Gasteiger partial charge is 0.508 e. The first-order chi connectivity index (χ1) is 23.7. The number of halogens is 9. The van der Waals surface area contributed by atoms with Gasteiger partial charge in [0, 0.05) is 11.8 Å². The van der Waals surface area contributed by atoms with Crippen LogP contribution in [0.25, 0.3) is 0 Å². The van der Waals surface area contributed by atoms with Crippen LogP contribution in [0.5, 0.6) is 5.75 Å². The fourth-order valence-corrected chi connectivity index (χ4v) is 10.5. The second-order valence-electron chi connectivity index (χ2n) is 16.3. The number of carboxylic acid groups (broad SMARTS) is 1. The number of unbranched alkanes of at least 4 members (excludes halogenated alkanes) is 6. The lowest BCUT2D eigenvalue weighted by atomic mass is 9.50. The highest BCUT2D eigenvalue weighted by atomic mass is 19.4. The fraction of sp³-hybridized carbons (Fsp3) is 0.816. The molecule has 4 unspecified atom stereocenters. The van der Waals surface area contributed by atoms with Crippen LogP contribution >= 0.6 is 0 Å². The maximum absolute atomic E-state index is 13.8. The summed E-state index contributed by atoms with van der Waals surface area (Å²) >= 11 is 0. The minimum Gasteiger partial charge on any atom is -0.508 e. The number of aliphatic hydroxyl groups is 1. The number of aliphatic carboxylic acids is 1. The molecular formula is C38H51F9O4. The molecule has 0 amide bonds. The van der Waals surface area contributed by atoms with E-state index in [4.69, 9.17) is 0 Å². The molecule has 0 bridgehead atoms. The van der Waals surface area contributed by atoms with Crippen molar-refractivity contribution in [3.63, 3.8) is 0 Å². The summed E-state index contributed by atoms with van der Waals surface area (Å²) in [5.74, 6) is -19.7. The van der Waals surface area contributed by atoms with Gasteiger partial charge in [-0.3, -0.25) is 4.79 Å². The number of alkyl halides is 9. The molecule has 0 aliphatic heterocycles. The van der Waals surface area contributed by atoms with Gasteiger partial charge in [0.15, 0.2) is 0 Å². The summed E-state index contributed by atoms with van der Waals surface area (Å²) in [6.07, 6.45) is 2.52. The molecule has 0 radical (unpaired) electrons. The predicted octanol–water partition coefficient (Wildman–Crippen LogP) is 11.1. The zero-order valence-electron chi connectivity index (χ0n) is 29.1. The van der Waals surface area contributed by atoms with E-state index in [9.17, 15) is 59.6 Å². The number of carbonyl (C=O) groups is 1. The SMILES string of the molecule is C[C@]12CCC3c4ccc(O)cc4C[C@@H](CCCCCCCCCC(CCCC(F)(F)C(F)(F)C(F)(F)C(F)(F)F)C(=O)O)C3C1C[C@@H](O)C21CC1. The van der Waals surface area contributed by atoms with Crippen LogP contribution < -0.4 is 0 Å². The van der Waals surface area contributed by atoms with E-state index < -0.39 is 55.1 Å². The first-order valence-electron chi connectivity index (χ1n) is 18.6. The number of rotatable bonds is 17. The minimum absolute atomic E-state index is 0.0489. The molecule has 4 aliphatic carbocycles. The number of phenolic OH excluding ortho intramolecular Hbond substituents is 1. The summed E-state index contributed by atoms with van der Waals surface area (Å²) in [5, 5.41) is 30.8. The summed E-state index contributed by atoms with van der Waals surface area (Å²) in [6.45, 7) is 2.42. The van der Waals surface area contributed by atoms with Crippen LogP contribution in [0.4, 0.5) is 39.5 Å². The topological polar surface area (TPSA) is 77.8 Å². The second kappa shape index (κ2) is 14.6. The molecule has 0 aromatic heterocycles. The van der Waals surface area contributed by atoms with Crippen LogP contribution in [0.3, 0.4) is 0 Å². The molecule has 0 heterocycles. The van der Waals surface area contributed by atoms with Crippen molar-refractivity contribution in [3.8, 4) is 5.75 Å². The Kier molecular flexibility index (Phi) is 11.4. The lowest BCUT2D eigenvalue weighted by molar-refractivity contribution is -0.396. The Balaban J connectivity index is 1.04. The molecule has 3 fully saturated rings. The van der Waals surface area contributed by atoms with E-state index >= 15 is 0 Å². The monoisotopic (exact) mass is 742 g/mol. The molecule has 1 aromatic rings. The van der Waals surface area contributed by atoms with E-state index in [-0.39, 0.29) is 29.1 Å². The Hall–Kier alpha value is -2.18. The third-order valence-electron chi connectivity index (χ3n) is 13.5. The van der Waals surface area contributed by atoms with Crippen LogP contribution in [-0.4, -0.2) is 51.3 Å². The molecule has 7 atom stereocenters. The molecule has 1 spiro atoms. The maximum atomic E-state index is 13.8. The minimum atomic E-state index is -6.94. The van der Waals surface area contributed by atoms with Gasteiger partial charge in [-0.05, 0) is 117 Å². The van der Waals surface area contributed by atoms with E-state index in [1.54, 1.807) is 6.07 Å². The maximum Gasteiger partial charge on any atom is 0.460 e. The van der Waals surface area contributed by atoms with Gasteiger partial charge in [0.25, 0.3) is 0 Å². The Bertz CT molecular complexity index is 1380. The summed E-state index contributed by atoms with van der Waals surface area (Å²) in [5.41, 5.74) is 2.84. The first-order valence-corrected chi connectivity index (χ1v) is 18.6. The third-order valence-corrected chi connectivity index (χ3v) is 13.5. The van der Waals surface area contributed by atoms with Gasteiger partial charge in [0.1, 0.15) is 5.75 Å². The van der Waals surface area contributed by atoms with Gasteiger partial charge >= 0.3 is 29.9 Å². The van der Waals surface area contributed by atoms with Gasteiger partial charge in [-0.2, -0.15) is 39.5 Å². The average Bonchev–Trinajstić information content (AvgIpc) is 3.82. The number of aliphatic hydroxyl groups excluding tert-OH is 1. The fourth-order valence-electron chi connectivity index (χ4n) is 10.5. The number of hydrogen-bond donors (Lipinski definition) is 3. The Labute approximate surface area is 293 Å². The number of aromatic hydroxyl groups is 1. The number of fused-ring (bicyclic) bond motifs is 6. The Morgan fingerprint density at radius 3 is 2.08 bits per heavy atom. The van der Waals surface area contributed by atoms with Crippen molar-refractivity contribution in [2.45, 2.75) is 158 Å². The van der Waals surface area contributed by atoms with Crippen molar-refractivity contribution in [3.05, 3.63) is 29.3 Å². The van der Waals surface area contributed by atoms with Crippen molar-refractivity contribution in [1.82, 2.24) is 0 Å². The number of benzene rings is 1. The summed E-state index contributed by atoms with van der Waals surface area (Å²) in [7, 11) is 0. The molecular weight excluding hydrogens is 691 g/mol. The first kappa shape index (κ1) is 40.0. The molecule has 5 rings (SSSR count). The van der Waals surface area contributed by atoms with Crippen LogP contribution in [0.15, 0.2) is 18.2 Å². The summed E-state index contributed by atoms with van der Waals surface area (Å²) in [6, 6.07) is 5.81. The van der Waals surface area contributed by atoms with Crippen LogP contribution in [0, 0.1) is 34.5 Å². The van der Waals surface area contributed by atoms with Crippen molar-refractivity contribution in [1.29, 1.82) is 0 Å². The Morgan fingerprint density at radius 1 is 0.863 bits per heavy atom. The van der Waals surface area contributed by atoms with Crippen LogP contribution in [-0.2, 0) is 11.2 Å². The smallest absolute Gasteiger partial charge is 0.460 e. The van der Waals surface area contributed by atoms with Crippen molar-refractivity contribution in [2.75, 3.05) is 0 Å².